The maximum Gasteiger partial charge on any atom is 0.243 e. The van der Waals surface area contributed by atoms with E-state index < -0.39 is 10.0 Å². The number of fused-ring (bicyclic) bond motifs is 1. The fourth-order valence-electron chi connectivity index (χ4n) is 5.14. The van der Waals surface area contributed by atoms with Crippen LogP contribution in [0.3, 0.4) is 0 Å². The third-order valence-electron chi connectivity index (χ3n) is 6.93. The van der Waals surface area contributed by atoms with Crippen molar-refractivity contribution in [1.29, 1.82) is 5.26 Å². The third kappa shape index (κ3) is 4.95. The van der Waals surface area contributed by atoms with E-state index >= 15 is 0 Å². The molecule has 1 aliphatic rings. The van der Waals surface area contributed by atoms with E-state index in [9.17, 15) is 18.5 Å². The van der Waals surface area contributed by atoms with Crippen molar-refractivity contribution in [2.24, 2.45) is 0 Å². The first kappa shape index (κ1) is 25.7. The van der Waals surface area contributed by atoms with Gasteiger partial charge in [0.25, 0.3) is 0 Å². The summed E-state index contributed by atoms with van der Waals surface area (Å²) in [5.74, 6) is 0.649. The smallest absolute Gasteiger partial charge is 0.243 e. The number of nitriles is 1. The molecule has 0 aliphatic carbocycles. The second-order valence-electron chi connectivity index (χ2n) is 9.81. The summed E-state index contributed by atoms with van der Waals surface area (Å²) in [7, 11) is -3.64. The number of aldehydes is 1. The molecule has 3 aromatic carbocycles. The van der Waals surface area contributed by atoms with Gasteiger partial charge in [-0.3, -0.25) is 0 Å². The number of carbonyl (C=O) groups excluding carboxylic acids is 1. The quantitative estimate of drug-likeness (QED) is 0.288. The van der Waals surface area contributed by atoms with Gasteiger partial charge in [0.05, 0.1) is 29.2 Å². The summed E-state index contributed by atoms with van der Waals surface area (Å²) >= 11 is 0. The van der Waals surface area contributed by atoms with Crippen LogP contribution in [0.25, 0.3) is 22.0 Å². The van der Waals surface area contributed by atoms with Crippen molar-refractivity contribution in [1.82, 2.24) is 8.87 Å². The number of rotatable bonds is 8. The lowest BCUT2D eigenvalue weighted by molar-refractivity contribution is -0.108. The van der Waals surface area contributed by atoms with Crippen LogP contribution in [0, 0.1) is 11.3 Å². The Kier molecular flexibility index (Phi) is 7.06. The Labute approximate surface area is 222 Å². The molecule has 0 bridgehead atoms. The predicted octanol–water partition coefficient (Wildman–Crippen LogP) is 5.34. The third-order valence-corrected chi connectivity index (χ3v) is 8.81. The molecule has 1 fully saturated rings. The van der Waals surface area contributed by atoms with Gasteiger partial charge in [-0.25, -0.2) is 8.42 Å². The molecule has 1 atom stereocenters. The highest BCUT2D eigenvalue weighted by atomic mass is 32.2. The summed E-state index contributed by atoms with van der Waals surface area (Å²) in [5, 5.41) is 10.3. The molecule has 1 aliphatic heterocycles. The molecule has 0 amide bonds. The summed E-state index contributed by atoms with van der Waals surface area (Å²) < 4.78 is 35.9. The van der Waals surface area contributed by atoms with Crippen LogP contribution in [-0.2, 0) is 21.4 Å². The van der Waals surface area contributed by atoms with Gasteiger partial charge in [-0.2, -0.15) is 9.57 Å². The maximum atomic E-state index is 13.4. The molecule has 0 N–H and O–H groups in total. The van der Waals surface area contributed by atoms with Crippen LogP contribution in [0.1, 0.15) is 37.3 Å². The van der Waals surface area contributed by atoms with Crippen molar-refractivity contribution in [3.8, 4) is 22.9 Å². The van der Waals surface area contributed by atoms with E-state index in [1.165, 1.54) is 0 Å². The van der Waals surface area contributed by atoms with Gasteiger partial charge in [0.1, 0.15) is 12.0 Å². The van der Waals surface area contributed by atoms with Crippen molar-refractivity contribution in [2.75, 3.05) is 13.1 Å². The van der Waals surface area contributed by atoms with Crippen molar-refractivity contribution in [3.05, 3.63) is 84.1 Å². The van der Waals surface area contributed by atoms with E-state index in [1.54, 1.807) is 34.6 Å². The van der Waals surface area contributed by atoms with E-state index in [4.69, 9.17) is 4.74 Å². The molecule has 194 valence electrons. The fraction of sp³-hybridized carbons (Fsp3) is 0.267. The highest BCUT2D eigenvalue weighted by Gasteiger charge is 2.34. The van der Waals surface area contributed by atoms with Gasteiger partial charge in [-0.15, -0.1) is 0 Å². The molecule has 2 heterocycles. The lowest BCUT2D eigenvalue weighted by Crippen LogP contribution is -2.28. The highest BCUT2D eigenvalue weighted by Crippen LogP contribution is 2.37. The second-order valence-corrected chi connectivity index (χ2v) is 11.8. The van der Waals surface area contributed by atoms with Crippen molar-refractivity contribution in [3.63, 3.8) is 0 Å². The molecule has 1 aromatic heterocycles. The molecule has 0 spiro atoms. The minimum Gasteiger partial charge on any atom is -0.491 e. The standard InChI is InChI=1S/C30H29N3O4S/c1-21(2)37-26-7-9-27(10-8-26)38(35,36)33-13-12-25(19-33)29-20-32(14-15-34)30-17-24(6-11-28(29)30)23-5-3-4-22(16-23)18-31/h3-11,15-17,20-21,25H,12-14,19H2,1-2H3. The zero-order valence-electron chi connectivity index (χ0n) is 21.4. The monoisotopic (exact) mass is 527 g/mol. The largest absolute Gasteiger partial charge is 0.491 e. The van der Waals surface area contributed by atoms with Gasteiger partial charge in [-0.05, 0) is 79.4 Å². The SMILES string of the molecule is CC(C)Oc1ccc(S(=O)(=O)N2CCC(c3cn(CC=O)c4cc(-c5cccc(C#N)c5)ccc34)C2)cc1. The Balaban J connectivity index is 1.43. The molecule has 1 saturated heterocycles. The highest BCUT2D eigenvalue weighted by molar-refractivity contribution is 7.89. The summed E-state index contributed by atoms with van der Waals surface area (Å²) in [5.41, 5.74) is 4.41. The van der Waals surface area contributed by atoms with E-state index in [0.29, 0.717) is 30.8 Å². The Morgan fingerprint density at radius 2 is 1.84 bits per heavy atom. The maximum absolute atomic E-state index is 13.4. The van der Waals surface area contributed by atoms with Crippen LogP contribution in [0.4, 0.5) is 0 Å². The van der Waals surface area contributed by atoms with E-state index in [1.807, 2.05) is 61.0 Å². The summed E-state index contributed by atoms with van der Waals surface area (Å²) in [6.45, 7) is 4.86. The Morgan fingerprint density at radius 3 is 2.55 bits per heavy atom. The number of sulfonamides is 1. The predicted molar refractivity (Wildman–Crippen MR) is 146 cm³/mol. The molecule has 7 nitrogen and oxygen atoms in total. The van der Waals surface area contributed by atoms with Crippen molar-refractivity contribution in [2.45, 2.75) is 43.7 Å². The zero-order valence-corrected chi connectivity index (χ0v) is 22.2. The van der Waals surface area contributed by atoms with E-state index in [2.05, 4.69) is 6.07 Å². The van der Waals surface area contributed by atoms with Crippen LogP contribution in [-0.4, -0.2) is 42.8 Å². The number of aromatic nitrogens is 1. The molecule has 38 heavy (non-hydrogen) atoms. The van der Waals surface area contributed by atoms with E-state index in [0.717, 1.165) is 33.9 Å². The molecule has 5 rings (SSSR count). The van der Waals surface area contributed by atoms with Crippen molar-refractivity contribution < 1.29 is 17.9 Å². The number of nitrogens with zero attached hydrogens (tertiary/aromatic N) is 3. The number of ether oxygens (including phenoxy) is 1. The molecule has 0 radical (unpaired) electrons. The average molecular weight is 528 g/mol. The van der Waals surface area contributed by atoms with E-state index in [-0.39, 0.29) is 23.5 Å². The first-order chi connectivity index (χ1) is 18.3. The molecular formula is C30H29N3O4S. The second kappa shape index (κ2) is 10.4. The number of benzene rings is 3. The first-order valence-electron chi connectivity index (χ1n) is 12.6. The zero-order chi connectivity index (χ0) is 26.9. The van der Waals surface area contributed by atoms with Gasteiger partial charge in [0, 0.05) is 36.1 Å². The van der Waals surface area contributed by atoms with Crippen LogP contribution in [0.2, 0.25) is 0 Å². The first-order valence-corrected chi connectivity index (χ1v) is 14.1. The van der Waals surface area contributed by atoms with Crippen LogP contribution >= 0.6 is 0 Å². The molecule has 0 saturated carbocycles. The molecular weight excluding hydrogens is 498 g/mol. The normalized spacial score (nSPS) is 16.1. The fourth-order valence-corrected chi connectivity index (χ4v) is 6.64. The lowest BCUT2D eigenvalue weighted by atomic mass is 9.96. The lowest BCUT2D eigenvalue weighted by Gasteiger charge is -2.17. The number of carbonyl (C=O) groups is 1. The summed E-state index contributed by atoms with van der Waals surface area (Å²) in [4.78, 5) is 11.7. The molecule has 1 unspecified atom stereocenters. The summed E-state index contributed by atoms with van der Waals surface area (Å²) in [6, 6.07) is 22.2. The van der Waals surface area contributed by atoms with Crippen LogP contribution in [0.15, 0.2) is 77.8 Å². The molecule has 8 heteroatoms. The number of hydrogen-bond acceptors (Lipinski definition) is 5. The van der Waals surface area contributed by atoms with Gasteiger partial charge in [0.15, 0.2) is 0 Å². The van der Waals surface area contributed by atoms with Gasteiger partial charge in [0.2, 0.25) is 10.0 Å². The van der Waals surface area contributed by atoms with Crippen LogP contribution in [0.5, 0.6) is 5.75 Å². The topological polar surface area (TPSA) is 92.4 Å². The van der Waals surface area contributed by atoms with Crippen LogP contribution < -0.4 is 4.74 Å². The van der Waals surface area contributed by atoms with Crippen molar-refractivity contribution >= 4 is 27.2 Å². The average Bonchev–Trinajstić information content (AvgIpc) is 3.55. The molecule has 4 aromatic rings. The van der Waals surface area contributed by atoms with Gasteiger partial charge >= 0.3 is 0 Å². The summed E-state index contributed by atoms with van der Waals surface area (Å²) in [6.07, 6.45) is 3.55. The minimum atomic E-state index is -3.64. The Morgan fingerprint density at radius 1 is 1.08 bits per heavy atom. The number of hydrogen-bond donors (Lipinski definition) is 0. The Bertz CT molecular complexity index is 1630. The Hall–Kier alpha value is -3.93. The minimum absolute atomic E-state index is 0.0106. The van der Waals surface area contributed by atoms with Gasteiger partial charge < -0.3 is 14.1 Å². The van der Waals surface area contributed by atoms with Gasteiger partial charge in [-0.1, -0.05) is 24.3 Å².